The van der Waals surface area contributed by atoms with E-state index in [2.05, 4.69) is 56.5 Å². The Hall–Kier alpha value is -1.35. The van der Waals surface area contributed by atoms with Gasteiger partial charge in [0.15, 0.2) is 0 Å². The van der Waals surface area contributed by atoms with Crippen molar-refractivity contribution in [3.63, 3.8) is 0 Å². The Labute approximate surface area is 141 Å². The van der Waals surface area contributed by atoms with Gasteiger partial charge in [-0.05, 0) is 70.5 Å². The lowest BCUT2D eigenvalue weighted by atomic mass is 9.85. The van der Waals surface area contributed by atoms with E-state index in [9.17, 15) is 4.79 Å². The summed E-state index contributed by atoms with van der Waals surface area (Å²) in [5.74, 6) is 1.29. The molecule has 0 aromatic heterocycles. The topological polar surface area (TPSA) is 41.1 Å². The number of carbonyl (C=O) groups excluding carboxylic acids is 1. The summed E-state index contributed by atoms with van der Waals surface area (Å²) in [4.78, 5) is 12.3. The number of hydrogen-bond donors (Lipinski definition) is 2. The lowest BCUT2D eigenvalue weighted by Crippen LogP contribution is -2.38. The minimum Gasteiger partial charge on any atom is -0.353 e. The molecule has 2 N–H and O–H groups in total. The van der Waals surface area contributed by atoms with E-state index in [0.29, 0.717) is 18.3 Å². The molecule has 0 aliphatic carbocycles. The second-order valence-corrected chi connectivity index (χ2v) is 7.46. The van der Waals surface area contributed by atoms with E-state index in [1.165, 1.54) is 29.5 Å². The first-order valence-electron chi connectivity index (χ1n) is 9.01. The molecule has 0 spiro atoms. The fraction of sp³-hybridized carbons (Fsp3) is 0.650. The molecule has 128 valence electrons. The van der Waals surface area contributed by atoms with Crippen LogP contribution in [0, 0.1) is 25.7 Å². The molecule has 3 heteroatoms. The summed E-state index contributed by atoms with van der Waals surface area (Å²) in [7, 11) is 0. The fourth-order valence-corrected chi connectivity index (χ4v) is 3.75. The molecule has 3 atom stereocenters. The predicted octanol–water partition coefficient (Wildman–Crippen LogP) is 3.38. The molecule has 0 saturated carbocycles. The van der Waals surface area contributed by atoms with Gasteiger partial charge in [0, 0.05) is 12.5 Å². The molecule has 1 aliphatic rings. The maximum absolute atomic E-state index is 12.3. The number of rotatable bonds is 6. The Morgan fingerprint density at radius 2 is 1.96 bits per heavy atom. The average Bonchev–Trinajstić information content (AvgIpc) is 2.46. The normalized spacial score (nSPS) is 20.8. The van der Waals surface area contributed by atoms with Crippen molar-refractivity contribution < 1.29 is 4.79 Å². The second kappa shape index (κ2) is 8.49. The van der Waals surface area contributed by atoms with E-state index in [1.807, 2.05) is 0 Å². The quantitative estimate of drug-likeness (QED) is 0.845. The third-order valence-electron chi connectivity index (χ3n) is 4.88. The Bertz CT molecular complexity index is 500. The molecule has 2 rings (SSSR count). The van der Waals surface area contributed by atoms with Crippen LogP contribution in [0.4, 0.5) is 0 Å². The van der Waals surface area contributed by atoms with Crippen molar-refractivity contribution >= 4 is 5.91 Å². The van der Waals surface area contributed by atoms with Crippen molar-refractivity contribution in [2.45, 2.75) is 59.4 Å². The first-order valence-corrected chi connectivity index (χ1v) is 9.01. The third-order valence-corrected chi connectivity index (χ3v) is 4.88. The highest BCUT2D eigenvalue weighted by molar-refractivity contribution is 5.76. The lowest BCUT2D eigenvalue weighted by Gasteiger charge is -2.28. The van der Waals surface area contributed by atoms with Crippen LogP contribution in [-0.4, -0.2) is 25.0 Å². The highest BCUT2D eigenvalue weighted by atomic mass is 16.1. The molecule has 1 aromatic rings. The summed E-state index contributed by atoms with van der Waals surface area (Å²) < 4.78 is 0. The van der Waals surface area contributed by atoms with Gasteiger partial charge in [0.05, 0.1) is 0 Å². The van der Waals surface area contributed by atoms with Crippen molar-refractivity contribution in [2.24, 2.45) is 11.8 Å². The number of carbonyl (C=O) groups is 1. The standard InChI is InChI=1S/C20H32N2O/c1-14-8-15(2)10-18(9-14)12-17(4)22-20(23)11-16(3)19-6-5-7-21-13-19/h8-10,16-17,19,21H,5-7,11-13H2,1-4H3,(H,22,23). The third kappa shape index (κ3) is 5.98. The molecule has 23 heavy (non-hydrogen) atoms. The molecule has 1 aromatic carbocycles. The molecule has 0 bridgehead atoms. The summed E-state index contributed by atoms with van der Waals surface area (Å²) in [6.07, 6.45) is 4.02. The molecule has 1 amide bonds. The van der Waals surface area contributed by atoms with Gasteiger partial charge in [-0.15, -0.1) is 0 Å². The van der Waals surface area contributed by atoms with Crippen LogP contribution in [0.3, 0.4) is 0 Å². The van der Waals surface area contributed by atoms with Crippen LogP contribution < -0.4 is 10.6 Å². The first kappa shape index (κ1) is 18.0. The van der Waals surface area contributed by atoms with Gasteiger partial charge in [-0.3, -0.25) is 4.79 Å². The zero-order valence-corrected chi connectivity index (χ0v) is 15.1. The smallest absolute Gasteiger partial charge is 0.220 e. The summed E-state index contributed by atoms with van der Waals surface area (Å²) in [6.45, 7) is 10.8. The zero-order valence-electron chi connectivity index (χ0n) is 15.1. The first-order chi connectivity index (χ1) is 10.9. The van der Waals surface area contributed by atoms with Crippen LogP contribution in [0.25, 0.3) is 0 Å². The molecule has 1 heterocycles. The molecule has 1 fully saturated rings. The van der Waals surface area contributed by atoms with Gasteiger partial charge in [0.1, 0.15) is 0 Å². The van der Waals surface area contributed by atoms with E-state index >= 15 is 0 Å². The minimum atomic E-state index is 0.181. The molecular weight excluding hydrogens is 284 g/mol. The fourth-order valence-electron chi connectivity index (χ4n) is 3.75. The van der Waals surface area contributed by atoms with Crippen LogP contribution in [0.5, 0.6) is 0 Å². The van der Waals surface area contributed by atoms with E-state index in [1.54, 1.807) is 0 Å². The van der Waals surface area contributed by atoms with E-state index in [0.717, 1.165) is 19.5 Å². The van der Waals surface area contributed by atoms with Crippen LogP contribution >= 0.6 is 0 Å². The second-order valence-electron chi connectivity index (χ2n) is 7.46. The van der Waals surface area contributed by atoms with Crippen molar-refractivity contribution in [3.05, 3.63) is 34.9 Å². The molecular formula is C20H32N2O. The molecule has 3 unspecified atom stereocenters. The van der Waals surface area contributed by atoms with E-state index in [-0.39, 0.29) is 11.9 Å². The maximum atomic E-state index is 12.3. The van der Waals surface area contributed by atoms with Gasteiger partial charge in [-0.2, -0.15) is 0 Å². The number of nitrogens with one attached hydrogen (secondary N) is 2. The van der Waals surface area contributed by atoms with Crippen molar-refractivity contribution in [3.8, 4) is 0 Å². The number of aryl methyl sites for hydroxylation is 2. The monoisotopic (exact) mass is 316 g/mol. The van der Waals surface area contributed by atoms with Gasteiger partial charge in [-0.1, -0.05) is 36.2 Å². The van der Waals surface area contributed by atoms with Crippen LogP contribution in [0.15, 0.2) is 18.2 Å². The summed E-state index contributed by atoms with van der Waals surface area (Å²) in [6, 6.07) is 6.80. The Morgan fingerprint density at radius 3 is 2.57 bits per heavy atom. The van der Waals surface area contributed by atoms with Gasteiger partial charge in [0.2, 0.25) is 5.91 Å². The van der Waals surface area contributed by atoms with Crippen molar-refractivity contribution in [1.82, 2.24) is 10.6 Å². The van der Waals surface area contributed by atoms with Crippen LogP contribution in [-0.2, 0) is 11.2 Å². The molecule has 1 saturated heterocycles. The number of hydrogen-bond acceptors (Lipinski definition) is 2. The van der Waals surface area contributed by atoms with Crippen LogP contribution in [0.1, 0.15) is 49.8 Å². The SMILES string of the molecule is Cc1cc(C)cc(CC(C)NC(=O)CC(C)C2CCCNC2)c1. The Kier molecular flexibility index (Phi) is 6.64. The Balaban J connectivity index is 1.79. The largest absolute Gasteiger partial charge is 0.353 e. The summed E-state index contributed by atoms with van der Waals surface area (Å²) in [5.41, 5.74) is 3.88. The summed E-state index contributed by atoms with van der Waals surface area (Å²) >= 11 is 0. The predicted molar refractivity (Wildman–Crippen MR) is 96.6 cm³/mol. The summed E-state index contributed by atoms with van der Waals surface area (Å²) in [5, 5.41) is 6.62. The van der Waals surface area contributed by atoms with Crippen molar-refractivity contribution in [2.75, 3.05) is 13.1 Å². The highest BCUT2D eigenvalue weighted by Crippen LogP contribution is 2.22. The maximum Gasteiger partial charge on any atom is 0.220 e. The number of benzene rings is 1. The van der Waals surface area contributed by atoms with Gasteiger partial charge < -0.3 is 10.6 Å². The van der Waals surface area contributed by atoms with E-state index in [4.69, 9.17) is 0 Å². The van der Waals surface area contributed by atoms with Crippen LogP contribution in [0.2, 0.25) is 0 Å². The number of amides is 1. The van der Waals surface area contributed by atoms with Gasteiger partial charge >= 0.3 is 0 Å². The minimum absolute atomic E-state index is 0.181. The molecule has 3 nitrogen and oxygen atoms in total. The average molecular weight is 316 g/mol. The van der Waals surface area contributed by atoms with Gasteiger partial charge in [-0.25, -0.2) is 0 Å². The lowest BCUT2D eigenvalue weighted by molar-refractivity contribution is -0.122. The van der Waals surface area contributed by atoms with E-state index < -0.39 is 0 Å². The number of piperidine rings is 1. The molecule has 0 radical (unpaired) electrons. The highest BCUT2D eigenvalue weighted by Gasteiger charge is 2.22. The van der Waals surface area contributed by atoms with Crippen molar-refractivity contribution in [1.29, 1.82) is 0 Å². The van der Waals surface area contributed by atoms with Gasteiger partial charge in [0.25, 0.3) is 0 Å². The Morgan fingerprint density at radius 1 is 1.26 bits per heavy atom. The molecule has 1 aliphatic heterocycles. The zero-order chi connectivity index (χ0) is 16.8.